The average Bonchev–Trinajstić information content (AvgIpc) is 2.92. The van der Waals surface area contributed by atoms with Gasteiger partial charge in [-0.15, -0.1) is 0 Å². The van der Waals surface area contributed by atoms with Gasteiger partial charge in [0.2, 0.25) is 0 Å². The Balaban J connectivity index is 1.72. The quantitative estimate of drug-likeness (QED) is 0.805. The van der Waals surface area contributed by atoms with E-state index in [0.717, 1.165) is 30.1 Å². The highest BCUT2D eigenvalue weighted by atomic mass is 32.2. The van der Waals surface area contributed by atoms with Crippen molar-refractivity contribution in [1.82, 2.24) is 8.61 Å². The molecule has 2 heterocycles. The van der Waals surface area contributed by atoms with Crippen LogP contribution in [0.1, 0.15) is 18.6 Å². The van der Waals surface area contributed by atoms with E-state index in [9.17, 15) is 8.42 Å². The van der Waals surface area contributed by atoms with Crippen LogP contribution in [0.3, 0.4) is 0 Å². The summed E-state index contributed by atoms with van der Waals surface area (Å²) in [4.78, 5) is 0. The molecule has 20 heavy (non-hydrogen) atoms. The average molecular weight is 318 g/mol. The Bertz CT molecular complexity index is 492. The molecule has 0 amide bonds. The molecule has 0 N–H and O–H groups in total. The number of thioether (sulfide) groups is 1. The van der Waals surface area contributed by atoms with E-state index in [1.165, 1.54) is 4.31 Å². The van der Waals surface area contributed by atoms with E-state index in [4.69, 9.17) is 4.42 Å². The summed E-state index contributed by atoms with van der Waals surface area (Å²) in [7, 11) is -0.0666. The Morgan fingerprint density at radius 2 is 2.10 bits per heavy atom. The number of furan rings is 1. The Morgan fingerprint density at radius 1 is 1.40 bits per heavy atom. The molecular weight excluding hydrogens is 296 g/mol. The molecule has 114 valence electrons. The van der Waals surface area contributed by atoms with Gasteiger partial charge in [0.05, 0.1) is 12.0 Å². The van der Waals surface area contributed by atoms with Gasteiger partial charge in [0.1, 0.15) is 5.76 Å². The molecule has 0 radical (unpaired) electrons. The zero-order chi connectivity index (χ0) is 14.6. The molecule has 1 aromatic heterocycles. The van der Waals surface area contributed by atoms with Crippen molar-refractivity contribution in [2.75, 3.05) is 32.9 Å². The molecule has 2 rings (SSSR count). The van der Waals surface area contributed by atoms with Gasteiger partial charge in [-0.2, -0.15) is 28.8 Å². The second kappa shape index (κ2) is 6.98. The predicted octanol–water partition coefficient (Wildman–Crippen LogP) is 2.03. The van der Waals surface area contributed by atoms with Crippen molar-refractivity contribution in [3.05, 3.63) is 24.2 Å². The molecule has 0 aromatic carbocycles. The van der Waals surface area contributed by atoms with Gasteiger partial charge in [-0.3, -0.25) is 0 Å². The van der Waals surface area contributed by atoms with Gasteiger partial charge in [-0.1, -0.05) is 0 Å². The second-order valence-electron chi connectivity index (χ2n) is 5.23. The highest BCUT2D eigenvalue weighted by molar-refractivity contribution is 7.98. The fourth-order valence-corrected chi connectivity index (χ4v) is 4.54. The summed E-state index contributed by atoms with van der Waals surface area (Å²) in [6, 6.07) is 3.89. The van der Waals surface area contributed by atoms with Crippen molar-refractivity contribution < 1.29 is 12.8 Å². The molecule has 0 aliphatic carbocycles. The Hall–Kier alpha value is -0.500. The molecule has 0 spiro atoms. The van der Waals surface area contributed by atoms with E-state index < -0.39 is 10.2 Å². The summed E-state index contributed by atoms with van der Waals surface area (Å²) < 4.78 is 32.2. The third kappa shape index (κ3) is 4.00. The van der Waals surface area contributed by atoms with Crippen molar-refractivity contribution in [3.8, 4) is 0 Å². The van der Waals surface area contributed by atoms with E-state index in [1.807, 2.05) is 23.9 Å². The van der Waals surface area contributed by atoms with Crippen molar-refractivity contribution in [2.45, 2.75) is 18.6 Å². The lowest BCUT2D eigenvalue weighted by atomic mass is 10.0. The van der Waals surface area contributed by atoms with Crippen LogP contribution < -0.4 is 0 Å². The summed E-state index contributed by atoms with van der Waals surface area (Å²) in [5, 5.41) is 0. The zero-order valence-corrected chi connectivity index (χ0v) is 13.6. The minimum Gasteiger partial charge on any atom is -0.468 e. The van der Waals surface area contributed by atoms with Gasteiger partial charge in [0.15, 0.2) is 0 Å². The molecule has 0 unspecified atom stereocenters. The second-order valence-corrected chi connectivity index (χ2v) is 8.40. The SMILES string of the molecule is CN(C)S(=O)(=O)N1CCC(CSCc2ccco2)CC1. The van der Waals surface area contributed by atoms with Crippen LogP contribution in [0.25, 0.3) is 0 Å². The number of piperidine rings is 1. The van der Waals surface area contributed by atoms with Gasteiger partial charge in [-0.05, 0) is 36.6 Å². The van der Waals surface area contributed by atoms with Crippen LogP contribution in [-0.2, 0) is 16.0 Å². The van der Waals surface area contributed by atoms with Gasteiger partial charge < -0.3 is 4.42 Å². The maximum absolute atomic E-state index is 12.0. The normalized spacial score (nSPS) is 18.8. The van der Waals surface area contributed by atoms with Crippen LogP contribution in [0.15, 0.2) is 22.8 Å². The molecule has 1 aromatic rings. The van der Waals surface area contributed by atoms with E-state index in [1.54, 1.807) is 24.7 Å². The third-order valence-electron chi connectivity index (χ3n) is 3.54. The van der Waals surface area contributed by atoms with Gasteiger partial charge in [0, 0.05) is 27.2 Å². The van der Waals surface area contributed by atoms with Crippen molar-refractivity contribution in [2.24, 2.45) is 5.92 Å². The monoisotopic (exact) mass is 318 g/mol. The molecule has 0 bridgehead atoms. The zero-order valence-electron chi connectivity index (χ0n) is 12.0. The summed E-state index contributed by atoms with van der Waals surface area (Å²) in [5.74, 6) is 3.56. The highest BCUT2D eigenvalue weighted by Crippen LogP contribution is 2.25. The van der Waals surface area contributed by atoms with Crippen LogP contribution in [0.5, 0.6) is 0 Å². The number of hydrogen-bond acceptors (Lipinski definition) is 4. The van der Waals surface area contributed by atoms with Gasteiger partial charge >= 0.3 is 0 Å². The molecule has 1 saturated heterocycles. The lowest BCUT2D eigenvalue weighted by Gasteiger charge is -2.32. The van der Waals surface area contributed by atoms with E-state index in [0.29, 0.717) is 19.0 Å². The molecule has 1 fully saturated rings. The van der Waals surface area contributed by atoms with Crippen LogP contribution in [-0.4, -0.2) is 50.0 Å². The smallest absolute Gasteiger partial charge is 0.281 e. The largest absolute Gasteiger partial charge is 0.468 e. The molecule has 7 heteroatoms. The standard InChI is InChI=1S/C13H22N2O3S2/c1-14(2)20(16,17)15-7-5-12(6-8-15)10-19-11-13-4-3-9-18-13/h3-4,9,12H,5-8,10-11H2,1-2H3. The van der Waals surface area contributed by atoms with Crippen molar-refractivity contribution in [3.63, 3.8) is 0 Å². The third-order valence-corrected chi connectivity index (χ3v) is 6.68. The van der Waals surface area contributed by atoms with E-state index in [-0.39, 0.29) is 0 Å². The first-order chi connectivity index (χ1) is 9.50. The maximum atomic E-state index is 12.0. The maximum Gasteiger partial charge on any atom is 0.281 e. The van der Waals surface area contributed by atoms with Crippen LogP contribution in [0.2, 0.25) is 0 Å². The number of hydrogen-bond donors (Lipinski definition) is 0. The Labute approximate surface area is 125 Å². The minimum absolute atomic E-state index is 0.601. The lowest BCUT2D eigenvalue weighted by molar-refractivity contribution is 0.278. The van der Waals surface area contributed by atoms with Crippen LogP contribution in [0.4, 0.5) is 0 Å². The van der Waals surface area contributed by atoms with E-state index in [2.05, 4.69) is 0 Å². The molecule has 1 aliphatic heterocycles. The summed E-state index contributed by atoms with van der Waals surface area (Å²) in [6.07, 6.45) is 3.58. The van der Waals surface area contributed by atoms with Crippen LogP contribution >= 0.6 is 11.8 Å². The first kappa shape index (κ1) is 15.9. The summed E-state index contributed by atoms with van der Waals surface area (Å²) in [5.41, 5.74) is 0. The summed E-state index contributed by atoms with van der Waals surface area (Å²) in [6.45, 7) is 1.26. The predicted molar refractivity (Wildman–Crippen MR) is 81.8 cm³/mol. The fourth-order valence-electron chi connectivity index (χ4n) is 2.26. The molecule has 0 atom stereocenters. The van der Waals surface area contributed by atoms with Crippen molar-refractivity contribution in [1.29, 1.82) is 0 Å². The topological polar surface area (TPSA) is 53.8 Å². The fraction of sp³-hybridized carbons (Fsp3) is 0.692. The van der Waals surface area contributed by atoms with E-state index >= 15 is 0 Å². The number of rotatable bonds is 6. The van der Waals surface area contributed by atoms with Gasteiger partial charge in [0.25, 0.3) is 10.2 Å². The van der Waals surface area contributed by atoms with Crippen molar-refractivity contribution >= 4 is 22.0 Å². The van der Waals surface area contributed by atoms with Crippen LogP contribution in [0, 0.1) is 5.92 Å². The molecule has 5 nitrogen and oxygen atoms in total. The number of nitrogens with zero attached hydrogens (tertiary/aromatic N) is 2. The Morgan fingerprint density at radius 3 is 2.65 bits per heavy atom. The minimum atomic E-state index is -3.23. The summed E-state index contributed by atoms with van der Waals surface area (Å²) >= 11 is 1.86. The highest BCUT2D eigenvalue weighted by Gasteiger charge is 2.29. The molecular formula is C13H22N2O3S2. The first-order valence-electron chi connectivity index (χ1n) is 6.78. The van der Waals surface area contributed by atoms with Gasteiger partial charge in [-0.25, -0.2) is 0 Å². The Kier molecular flexibility index (Phi) is 5.54. The molecule has 0 saturated carbocycles. The molecule has 1 aliphatic rings. The first-order valence-corrected chi connectivity index (χ1v) is 9.33. The lowest BCUT2D eigenvalue weighted by Crippen LogP contribution is -2.44.